The smallest absolute Gasteiger partial charge is 0.241 e. The van der Waals surface area contributed by atoms with E-state index in [1.807, 2.05) is 4.90 Å². The second-order valence-corrected chi connectivity index (χ2v) is 5.41. The van der Waals surface area contributed by atoms with Gasteiger partial charge in [0.15, 0.2) is 0 Å². The van der Waals surface area contributed by atoms with Crippen LogP contribution in [0.4, 0.5) is 11.6 Å². The number of hydrogen-bond donors (Lipinski definition) is 2. The van der Waals surface area contributed by atoms with Crippen LogP contribution in [0.3, 0.4) is 0 Å². The number of hydrogen-bond acceptors (Lipinski definition) is 7. The van der Waals surface area contributed by atoms with Crippen molar-refractivity contribution in [3.8, 4) is 0 Å². The van der Waals surface area contributed by atoms with E-state index in [1.54, 1.807) is 30.1 Å². The number of amides is 1. The SMILES string of the molecule is CN1CCN(c2cc(NCC(O)c3ccco3)ncn2)CC1=O. The molecule has 8 heteroatoms. The first-order chi connectivity index (χ1) is 11.1. The fraction of sp³-hybridized carbons (Fsp3) is 0.400. The zero-order valence-electron chi connectivity index (χ0n) is 12.8. The number of nitrogens with zero attached hydrogens (tertiary/aromatic N) is 4. The topological polar surface area (TPSA) is 94.7 Å². The molecule has 1 aliphatic rings. The highest BCUT2D eigenvalue weighted by molar-refractivity contribution is 5.82. The van der Waals surface area contributed by atoms with Crippen molar-refractivity contribution in [2.24, 2.45) is 0 Å². The lowest BCUT2D eigenvalue weighted by Gasteiger charge is -2.32. The van der Waals surface area contributed by atoms with E-state index in [1.165, 1.54) is 12.6 Å². The molecule has 122 valence electrons. The van der Waals surface area contributed by atoms with Crippen molar-refractivity contribution in [2.45, 2.75) is 6.10 Å². The lowest BCUT2D eigenvalue weighted by molar-refractivity contribution is -0.129. The summed E-state index contributed by atoms with van der Waals surface area (Å²) in [7, 11) is 1.79. The predicted molar refractivity (Wildman–Crippen MR) is 84.0 cm³/mol. The molecule has 2 aromatic rings. The van der Waals surface area contributed by atoms with Crippen molar-refractivity contribution in [3.63, 3.8) is 0 Å². The number of nitrogens with one attached hydrogen (secondary N) is 1. The van der Waals surface area contributed by atoms with Gasteiger partial charge < -0.3 is 24.6 Å². The van der Waals surface area contributed by atoms with E-state index in [4.69, 9.17) is 4.42 Å². The van der Waals surface area contributed by atoms with Crippen LogP contribution in [0.1, 0.15) is 11.9 Å². The Bertz CT molecular complexity index is 661. The number of likely N-dealkylation sites (N-methyl/N-ethyl adjacent to an activating group) is 1. The third-order valence-electron chi connectivity index (χ3n) is 3.78. The minimum absolute atomic E-state index is 0.0672. The summed E-state index contributed by atoms with van der Waals surface area (Å²) in [5.74, 6) is 1.84. The molecule has 0 radical (unpaired) electrons. The van der Waals surface area contributed by atoms with E-state index < -0.39 is 6.10 Å². The Balaban J connectivity index is 1.62. The van der Waals surface area contributed by atoms with Crippen LogP contribution >= 0.6 is 0 Å². The second-order valence-electron chi connectivity index (χ2n) is 5.41. The first kappa shape index (κ1) is 15.3. The quantitative estimate of drug-likeness (QED) is 0.829. The minimum Gasteiger partial charge on any atom is -0.467 e. The number of anilines is 2. The second kappa shape index (κ2) is 6.66. The molecule has 1 amide bonds. The summed E-state index contributed by atoms with van der Waals surface area (Å²) in [4.78, 5) is 23.8. The molecule has 8 nitrogen and oxygen atoms in total. The van der Waals surface area contributed by atoms with Crippen LogP contribution in [0.15, 0.2) is 35.2 Å². The van der Waals surface area contributed by atoms with Crippen LogP contribution < -0.4 is 10.2 Å². The van der Waals surface area contributed by atoms with Crippen molar-refractivity contribution in [2.75, 3.05) is 43.4 Å². The molecule has 1 aliphatic heterocycles. The van der Waals surface area contributed by atoms with Crippen molar-refractivity contribution < 1.29 is 14.3 Å². The van der Waals surface area contributed by atoms with Crippen LogP contribution in [-0.4, -0.2) is 59.1 Å². The Labute approximate surface area is 133 Å². The number of carbonyl (C=O) groups excluding carboxylic acids is 1. The van der Waals surface area contributed by atoms with Gasteiger partial charge in [0.05, 0.1) is 12.8 Å². The average molecular weight is 317 g/mol. The molecule has 0 spiro atoms. The molecule has 0 aromatic carbocycles. The first-order valence-corrected chi connectivity index (χ1v) is 7.40. The molecule has 0 bridgehead atoms. The molecule has 23 heavy (non-hydrogen) atoms. The zero-order chi connectivity index (χ0) is 16.2. The monoisotopic (exact) mass is 317 g/mol. The van der Waals surface area contributed by atoms with Crippen LogP contribution in [0.2, 0.25) is 0 Å². The van der Waals surface area contributed by atoms with Crippen LogP contribution in [0.25, 0.3) is 0 Å². The van der Waals surface area contributed by atoms with Crippen LogP contribution in [0.5, 0.6) is 0 Å². The van der Waals surface area contributed by atoms with Crippen molar-refractivity contribution in [1.82, 2.24) is 14.9 Å². The maximum Gasteiger partial charge on any atom is 0.241 e. The minimum atomic E-state index is -0.756. The lowest BCUT2D eigenvalue weighted by Crippen LogP contribution is -2.48. The molecule has 3 rings (SSSR count). The van der Waals surface area contributed by atoms with E-state index in [2.05, 4.69) is 15.3 Å². The Hall–Kier alpha value is -2.61. The Morgan fingerprint density at radius 1 is 1.43 bits per heavy atom. The fourth-order valence-electron chi connectivity index (χ4n) is 2.35. The van der Waals surface area contributed by atoms with E-state index in [-0.39, 0.29) is 12.5 Å². The van der Waals surface area contributed by atoms with Gasteiger partial charge in [0.25, 0.3) is 0 Å². The third kappa shape index (κ3) is 3.59. The molecular formula is C15H19N5O3. The molecule has 2 N–H and O–H groups in total. The molecule has 3 heterocycles. The van der Waals surface area contributed by atoms with Gasteiger partial charge in [0.1, 0.15) is 29.8 Å². The van der Waals surface area contributed by atoms with Gasteiger partial charge in [-0.3, -0.25) is 4.79 Å². The largest absolute Gasteiger partial charge is 0.467 e. The van der Waals surface area contributed by atoms with Crippen LogP contribution in [-0.2, 0) is 4.79 Å². The van der Waals surface area contributed by atoms with Gasteiger partial charge in [-0.05, 0) is 12.1 Å². The standard InChI is InChI=1S/C15H19N5O3/c1-19-4-5-20(9-15(19)22)14-7-13(17-10-18-14)16-8-11(21)12-3-2-6-23-12/h2-3,6-7,10-11,21H,4-5,8-9H2,1H3,(H,16,17,18). The molecule has 0 aliphatic carbocycles. The number of furan rings is 1. The molecule has 1 fully saturated rings. The Kier molecular flexibility index (Phi) is 4.42. The van der Waals surface area contributed by atoms with Gasteiger partial charge >= 0.3 is 0 Å². The third-order valence-corrected chi connectivity index (χ3v) is 3.78. The number of piperazine rings is 1. The van der Waals surface area contributed by atoms with E-state index >= 15 is 0 Å². The van der Waals surface area contributed by atoms with Gasteiger partial charge in [-0.15, -0.1) is 0 Å². The molecule has 0 saturated carbocycles. The molecule has 1 saturated heterocycles. The first-order valence-electron chi connectivity index (χ1n) is 7.40. The maximum atomic E-state index is 11.8. The van der Waals surface area contributed by atoms with E-state index in [0.717, 1.165) is 6.54 Å². The Morgan fingerprint density at radius 3 is 3.04 bits per heavy atom. The van der Waals surface area contributed by atoms with E-state index in [9.17, 15) is 9.90 Å². The molecule has 2 aromatic heterocycles. The van der Waals surface area contributed by atoms with E-state index in [0.29, 0.717) is 30.5 Å². The lowest BCUT2D eigenvalue weighted by atomic mass is 10.2. The fourth-order valence-corrected chi connectivity index (χ4v) is 2.35. The average Bonchev–Trinajstić information content (AvgIpc) is 3.10. The molecule has 1 atom stereocenters. The van der Waals surface area contributed by atoms with Gasteiger partial charge in [-0.25, -0.2) is 9.97 Å². The zero-order valence-corrected chi connectivity index (χ0v) is 12.8. The summed E-state index contributed by atoms with van der Waals surface area (Å²) in [5, 5.41) is 13.0. The molecular weight excluding hydrogens is 298 g/mol. The highest BCUT2D eigenvalue weighted by Gasteiger charge is 2.22. The highest BCUT2D eigenvalue weighted by atomic mass is 16.4. The van der Waals surface area contributed by atoms with Gasteiger partial charge in [-0.1, -0.05) is 0 Å². The van der Waals surface area contributed by atoms with Gasteiger partial charge in [0.2, 0.25) is 5.91 Å². The van der Waals surface area contributed by atoms with Gasteiger partial charge in [-0.2, -0.15) is 0 Å². The molecule has 1 unspecified atom stereocenters. The van der Waals surface area contributed by atoms with Gasteiger partial charge in [0, 0.05) is 32.7 Å². The summed E-state index contributed by atoms with van der Waals surface area (Å²) in [6.07, 6.45) is 2.21. The highest BCUT2D eigenvalue weighted by Crippen LogP contribution is 2.18. The number of rotatable bonds is 5. The summed E-state index contributed by atoms with van der Waals surface area (Å²) < 4.78 is 5.15. The summed E-state index contributed by atoms with van der Waals surface area (Å²) in [5.41, 5.74) is 0. The normalized spacial score (nSPS) is 16.5. The summed E-state index contributed by atoms with van der Waals surface area (Å²) in [6.45, 7) is 1.98. The Morgan fingerprint density at radius 2 is 2.30 bits per heavy atom. The summed E-state index contributed by atoms with van der Waals surface area (Å²) in [6, 6.07) is 5.22. The van der Waals surface area contributed by atoms with Crippen molar-refractivity contribution in [3.05, 3.63) is 36.5 Å². The number of aliphatic hydroxyl groups excluding tert-OH is 1. The predicted octanol–water partition coefficient (Wildman–Crippen LogP) is 0.494. The maximum absolute atomic E-state index is 11.8. The number of aromatic nitrogens is 2. The van der Waals surface area contributed by atoms with Crippen molar-refractivity contribution >= 4 is 17.5 Å². The number of carbonyl (C=O) groups is 1. The van der Waals surface area contributed by atoms with Crippen LogP contribution in [0, 0.1) is 0 Å². The number of aliphatic hydroxyl groups is 1. The van der Waals surface area contributed by atoms with Crippen molar-refractivity contribution in [1.29, 1.82) is 0 Å². The summed E-state index contributed by atoms with van der Waals surface area (Å²) >= 11 is 0.